The molecule has 8 heteroatoms. The topological polar surface area (TPSA) is 101 Å². The number of aliphatic carboxylic acids is 1. The minimum absolute atomic E-state index is 0.0675. The van der Waals surface area contributed by atoms with Crippen LogP contribution in [0.3, 0.4) is 0 Å². The van der Waals surface area contributed by atoms with E-state index < -0.39 is 11.9 Å². The number of hydrogen-bond donors (Lipinski definition) is 2. The zero-order chi connectivity index (χ0) is 26.4. The molecule has 0 saturated carbocycles. The molecule has 0 spiro atoms. The largest absolute Gasteiger partial charge is 0.493 e. The van der Waals surface area contributed by atoms with E-state index in [0.717, 1.165) is 49.0 Å². The highest BCUT2D eigenvalue weighted by atomic mass is 16.5. The van der Waals surface area contributed by atoms with Crippen molar-refractivity contribution in [2.45, 2.75) is 57.4 Å². The van der Waals surface area contributed by atoms with Crippen molar-refractivity contribution >= 4 is 11.9 Å². The standard InChI is InChI=1S/C29H42N4O4/c1-3-4-15-32(16-6-13-30)27(34)20-33-19-24(21-8-11-26-22(18-21)12-17-37-26)28(29(35)36)25(33)10-9-23-7-5-14-31(23)2/h5,7-8,11,14,18,24-25,28H,3-4,6,9-10,12-13,15-17,19-20,30H2,1-2H3,(H,35,36)/t24-,25+,28-/m1/s1. The number of unbranched alkanes of at least 4 members (excludes halogenated alkanes) is 1. The third-order valence-corrected chi connectivity index (χ3v) is 8.03. The summed E-state index contributed by atoms with van der Waals surface area (Å²) in [4.78, 5) is 30.3. The van der Waals surface area contributed by atoms with Gasteiger partial charge in [0.15, 0.2) is 0 Å². The van der Waals surface area contributed by atoms with Gasteiger partial charge in [0, 0.05) is 57.0 Å². The maximum Gasteiger partial charge on any atom is 0.308 e. The van der Waals surface area contributed by atoms with E-state index in [9.17, 15) is 14.7 Å². The smallest absolute Gasteiger partial charge is 0.308 e. The van der Waals surface area contributed by atoms with Gasteiger partial charge in [-0.3, -0.25) is 14.5 Å². The number of nitrogens with two attached hydrogens (primary N) is 1. The first-order chi connectivity index (χ1) is 17.9. The van der Waals surface area contributed by atoms with Crippen LogP contribution in [-0.4, -0.2) is 76.7 Å². The van der Waals surface area contributed by atoms with Crippen molar-refractivity contribution in [3.05, 3.63) is 53.3 Å². The maximum atomic E-state index is 13.5. The van der Waals surface area contributed by atoms with Crippen LogP contribution < -0.4 is 10.5 Å². The molecule has 0 bridgehead atoms. The summed E-state index contributed by atoms with van der Waals surface area (Å²) in [5.74, 6) is -0.589. The van der Waals surface area contributed by atoms with Crippen molar-refractivity contribution in [2.24, 2.45) is 18.7 Å². The average molecular weight is 511 g/mol. The van der Waals surface area contributed by atoms with Gasteiger partial charge in [-0.2, -0.15) is 0 Å². The summed E-state index contributed by atoms with van der Waals surface area (Å²) in [5.41, 5.74) is 9.08. The number of aromatic nitrogens is 1. The minimum Gasteiger partial charge on any atom is -0.493 e. The first-order valence-corrected chi connectivity index (χ1v) is 13.7. The van der Waals surface area contributed by atoms with Gasteiger partial charge >= 0.3 is 5.97 Å². The number of carbonyl (C=O) groups excluding carboxylic acids is 1. The van der Waals surface area contributed by atoms with Crippen LogP contribution in [0.5, 0.6) is 5.75 Å². The van der Waals surface area contributed by atoms with Crippen LogP contribution >= 0.6 is 0 Å². The summed E-state index contributed by atoms with van der Waals surface area (Å²) < 4.78 is 7.76. The SMILES string of the molecule is CCCCN(CCCN)C(=O)CN1C[C@H](c2ccc3c(c2)CCO3)[C@@H](C(=O)O)[C@@H]1CCc1cccn1C. The first kappa shape index (κ1) is 27.2. The molecule has 1 aromatic carbocycles. The fourth-order valence-electron chi connectivity index (χ4n) is 5.95. The van der Waals surface area contributed by atoms with Crippen LogP contribution in [0.1, 0.15) is 55.3 Å². The van der Waals surface area contributed by atoms with Gasteiger partial charge < -0.3 is 25.0 Å². The Morgan fingerprint density at radius 3 is 2.73 bits per heavy atom. The van der Waals surface area contributed by atoms with Crippen molar-refractivity contribution in [1.29, 1.82) is 0 Å². The van der Waals surface area contributed by atoms with Crippen molar-refractivity contribution in [2.75, 3.05) is 39.3 Å². The van der Waals surface area contributed by atoms with Crippen LogP contribution in [0, 0.1) is 5.92 Å². The number of likely N-dealkylation sites (tertiary alicyclic amines) is 1. The lowest BCUT2D eigenvalue weighted by Crippen LogP contribution is -2.45. The third-order valence-electron chi connectivity index (χ3n) is 8.03. The summed E-state index contributed by atoms with van der Waals surface area (Å²) in [7, 11) is 2.01. The van der Waals surface area contributed by atoms with Crippen LogP contribution in [0.25, 0.3) is 0 Å². The molecule has 2 aromatic rings. The number of hydrogen-bond acceptors (Lipinski definition) is 5. The van der Waals surface area contributed by atoms with E-state index in [2.05, 4.69) is 28.5 Å². The normalized spacial score (nSPS) is 21.1. The molecule has 3 N–H and O–H groups in total. The molecule has 4 rings (SSSR count). The minimum atomic E-state index is -0.792. The van der Waals surface area contributed by atoms with Crippen LogP contribution in [0.4, 0.5) is 0 Å². The predicted molar refractivity (Wildman–Crippen MR) is 144 cm³/mol. The highest BCUT2D eigenvalue weighted by Crippen LogP contribution is 2.41. The second kappa shape index (κ2) is 12.6. The lowest BCUT2D eigenvalue weighted by atomic mass is 9.83. The predicted octanol–water partition coefficient (Wildman–Crippen LogP) is 3.04. The van der Waals surface area contributed by atoms with Gasteiger partial charge in [-0.1, -0.05) is 25.5 Å². The van der Waals surface area contributed by atoms with Gasteiger partial charge in [-0.25, -0.2) is 0 Å². The van der Waals surface area contributed by atoms with Crippen LogP contribution in [0.2, 0.25) is 0 Å². The van der Waals surface area contributed by atoms with E-state index >= 15 is 0 Å². The number of carboxylic acid groups (broad SMARTS) is 1. The highest BCUT2D eigenvalue weighted by Gasteiger charge is 2.47. The zero-order valence-corrected chi connectivity index (χ0v) is 22.3. The van der Waals surface area contributed by atoms with Gasteiger partial charge in [0.05, 0.1) is 19.1 Å². The molecule has 1 fully saturated rings. The van der Waals surface area contributed by atoms with Gasteiger partial charge in [0.25, 0.3) is 0 Å². The van der Waals surface area contributed by atoms with Crippen molar-refractivity contribution in [3.63, 3.8) is 0 Å². The molecule has 0 radical (unpaired) electrons. The fourth-order valence-corrected chi connectivity index (χ4v) is 5.95. The number of rotatable bonds is 13. The Labute approximate surface area is 220 Å². The van der Waals surface area contributed by atoms with E-state index in [0.29, 0.717) is 39.2 Å². The van der Waals surface area contributed by atoms with E-state index in [1.165, 1.54) is 5.69 Å². The number of amides is 1. The molecule has 2 aliphatic heterocycles. The number of nitrogens with zero attached hydrogens (tertiary/aromatic N) is 3. The van der Waals surface area contributed by atoms with E-state index in [1.807, 2.05) is 36.3 Å². The second-order valence-electron chi connectivity index (χ2n) is 10.5. The summed E-state index contributed by atoms with van der Waals surface area (Å²) in [6.07, 6.45) is 7.04. The molecule has 0 aliphatic carbocycles. The number of carboxylic acids is 1. The molecule has 2 aliphatic rings. The van der Waals surface area contributed by atoms with Gasteiger partial charge in [0.1, 0.15) is 5.75 Å². The van der Waals surface area contributed by atoms with Gasteiger partial charge in [-0.05, 0) is 61.6 Å². The molecule has 37 heavy (non-hydrogen) atoms. The molecule has 1 saturated heterocycles. The number of aryl methyl sites for hydroxylation is 2. The van der Waals surface area contributed by atoms with Gasteiger partial charge in [-0.15, -0.1) is 0 Å². The monoisotopic (exact) mass is 510 g/mol. The van der Waals surface area contributed by atoms with E-state index in [1.54, 1.807) is 0 Å². The van der Waals surface area contributed by atoms with Crippen LogP contribution in [0.15, 0.2) is 36.5 Å². The van der Waals surface area contributed by atoms with E-state index in [-0.39, 0.29) is 24.4 Å². The summed E-state index contributed by atoms with van der Waals surface area (Å²) >= 11 is 0. The molecule has 3 atom stereocenters. The quantitative estimate of drug-likeness (QED) is 0.430. The van der Waals surface area contributed by atoms with Crippen molar-refractivity contribution in [3.8, 4) is 5.75 Å². The maximum absolute atomic E-state index is 13.5. The number of ether oxygens (including phenoxy) is 1. The summed E-state index contributed by atoms with van der Waals surface area (Å²) in [5, 5.41) is 10.4. The molecule has 3 heterocycles. The first-order valence-electron chi connectivity index (χ1n) is 13.7. The Balaban J connectivity index is 1.59. The Morgan fingerprint density at radius 2 is 2.03 bits per heavy atom. The number of benzene rings is 1. The Morgan fingerprint density at radius 1 is 1.22 bits per heavy atom. The summed E-state index contributed by atoms with van der Waals surface area (Å²) in [6, 6.07) is 9.98. The highest BCUT2D eigenvalue weighted by molar-refractivity contribution is 5.79. The average Bonchev–Trinajstić information content (AvgIpc) is 3.60. The fraction of sp³-hybridized carbons (Fsp3) is 0.586. The van der Waals surface area contributed by atoms with Crippen molar-refractivity contribution < 1.29 is 19.4 Å². The zero-order valence-electron chi connectivity index (χ0n) is 22.3. The number of fused-ring (bicyclic) bond motifs is 1. The lowest BCUT2D eigenvalue weighted by molar-refractivity contribution is -0.143. The van der Waals surface area contributed by atoms with Crippen molar-refractivity contribution in [1.82, 2.24) is 14.4 Å². The van der Waals surface area contributed by atoms with E-state index in [4.69, 9.17) is 10.5 Å². The molecular weight excluding hydrogens is 468 g/mol. The lowest BCUT2D eigenvalue weighted by Gasteiger charge is -2.30. The molecule has 1 amide bonds. The Kier molecular flexibility index (Phi) is 9.27. The Bertz CT molecular complexity index is 1060. The molecule has 202 valence electrons. The summed E-state index contributed by atoms with van der Waals surface area (Å²) in [6.45, 7) is 5.49. The third kappa shape index (κ3) is 6.36. The molecule has 8 nitrogen and oxygen atoms in total. The van der Waals surface area contributed by atoms with Crippen LogP contribution in [-0.2, 0) is 29.5 Å². The number of carbonyl (C=O) groups is 2. The molecule has 1 aromatic heterocycles. The Hall–Kier alpha value is -2.84. The second-order valence-corrected chi connectivity index (χ2v) is 10.5. The molecule has 0 unspecified atom stereocenters. The molecular formula is C29H42N4O4. The van der Waals surface area contributed by atoms with Gasteiger partial charge in [0.2, 0.25) is 5.91 Å².